The lowest BCUT2D eigenvalue weighted by Gasteiger charge is -2.32. The lowest BCUT2D eigenvalue weighted by atomic mass is 9.83. The normalized spacial score (nSPS) is 19.5. The van der Waals surface area contributed by atoms with Gasteiger partial charge >= 0.3 is 6.03 Å². The van der Waals surface area contributed by atoms with Crippen LogP contribution in [0, 0.1) is 5.92 Å². The highest BCUT2D eigenvalue weighted by molar-refractivity contribution is 6.30. The molecule has 7 heteroatoms. The Hall–Kier alpha value is -3.12. The Balaban J connectivity index is 1.75. The number of primary amides is 1. The van der Waals surface area contributed by atoms with Crippen LogP contribution in [-0.2, 0) is 0 Å². The Morgan fingerprint density at radius 3 is 2.61 bits per heavy atom. The zero-order valence-electron chi connectivity index (χ0n) is 18.7. The third-order valence-electron chi connectivity index (χ3n) is 6.96. The SMILES string of the molecule is CC1CCC=NC=C1c1c(C2CCN(C(N)=O)CC2)c2ccncc2n1-c1ccc(Cl)cc1. The first-order valence-corrected chi connectivity index (χ1v) is 11.9. The molecule has 0 aliphatic carbocycles. The minimum absolute atomic E-state index is 0.314. The predicted molar refractivity (Wildman–Crippen MR) is 134 cm³/mol. The van der Waals surface area contributed by atoms with Gasteiger partial charge < -0.3 is 15.2 Å². The molecule has 5 rings (SSSR count). The van der Waals surface area contributed by atoms with E-state index in [-0.39, 0.29) is 6.03 Å². The number of allylic oxidation sites excluding steroid dienone is 1. The van der Waals surface area contributed by atoms with Crippen molar-refractivity contribution in [1.29, 1.82) is 0 Å². The molecule has 1 atom stereocenters. The van der Waals surface area contributed by atoms with E-state index in [2.05, 4.69) is 39.7 Å². The highest BCUT2D eigenvalue weighted by atomic mass is 35.5. The van der Waals surface area contributed by atoms with Gasteiger partial charge in [-0.05, 0) is 79.0 Å². The van der Waals surface area contributed by atoms with E-state index in [0.29, 0.717) is 29.9 Å². The molecule has 0 radical (unpaired) electrons. The highest BCUT2D eigenvalue weighted by Gasteiger charge is 2.31. The molecule has 1 aromatic carbocycles. The molecule has 170 valence electrons. The van der Waals surface area contributed by atoms with E-state index >= 15 is 0 Å². The molecule has 1 fully saturated rings. The number of aromatic nitrogens is 2. The fourth-order valence-corrected chi connectivity index (χ4v) is 5.34. The number of nitrogens with zero attached hydrogens (tertiary/aromatic N) is 4. The second-order valence-corrected chi connectivity index (χ2v) is 9.40. The summed E-state index contributed by atoms with van der Waals surface area (Å²) in [5.41, 5.74) is 11.4. The molecule has 2 N–H and O–H groups in total. The van der Waals surface area contributed by atoms with Gasteiger partial charge in [-0.2, -0.15) is 0 Å². The van der Waals surface area contributed by atoms with Crippen LogP contribution in [0.15, 0.2) is 53.9 Å². The van der Waals surface area contributed by atoms with Crippen LogP contribution in [0.4, 0.5) is 4.79 Å². The average molecular weight is 462 g/mol. The monoisotopic (exact) mass is 461 g/mol. The van der Waals surface area contributed by atoms with E-state index in [1.165, 1.54) is 22.2 Å². The molecule has 2 aromatic heterocycles. The molecule has 0 spiro atoms. The minimum atomic E-state index is -0.337. The van der Waals surface area contributed by atoms with Crippen LogP contribution >= 0.6 is 11.6 Å². The number of piperidine rings is 1. The van der Waals surface area contributed by atoms with Gasteiger partial charge in [0.1, 0.15) is 0 Å². The number of carbonyl (C=O) groups is 1. The quantitative estimate of drug-likeness (QED) is 0.536. The molecule has 0 saturated carbocycles. The van der Waals surface area contributed by atoms with Gasteiger partial charge in [-0.25, -0.2) is 4.79 Å². The fourth-order valence-electron chi connectivity index (χ4n) is 5.21. The highest BCUT2D eigenvalue weighted by Crippen LogP contribution is 2.44. The fraction of sp³-hybridized carbons (Fsp3) is 0.346. The number of rotatable bonds is 3. The van der Waals surface area contributed by atoms with Crippen LogP contribution in [-0.4, -0.2) is 39.8 Å². The summed E-state index contributed by atoms with van der Waals surface area (Å²) in [5.74, 6) is 0.676. The molecule has 1 unspecified atom stereocenters. The maximum atomic E-state index is 11.7. The summed E-state index contributed by atoms with van der Waals surface area (Å²) in [6, 6.07) is 9.75. The van der Waals surface area contributed by atoms with E-state index in [1.807, 2.05) is 36.9 Å². The van der Waals surface area contributed by atoms with Gasteiger partial charge in [-0.15, -0.1) is 0 Å². The van der Waals surface area contributed by atoms with Gasteiger partial charge in [-0.3, -0.25) is 9.98 Å². The van der Waals surface area contributed by atoms with Crippen molar-refractivity contribution < 1.29 is 4.79 Å². The van der Waals surface area contributed by atoms with Crippen molar-refractivity contribution in [3.05, 3.63) is 65.2 Å². The van der Waals surface area contributed by atoms with Crippen LogP contribution in [0.1, 0.15) is 49.8 Å². The minimum Gasteiger partial charge on any atom is -0.351 e. The molecular formula is C26H28ClN5O. The van der Waals surface area contributed by atoms with Crippen molar-refractivity contribution in [1.82, 2.24) is 14.5 Å². The van der Waals surface area contributed by atoms with Crippen molar-refractivity contribution in [3.8, 4) is 5.69 Å². The van der Waals surface area contributed by atoms with Crippen molar-refractivity contribution in [3.63, 3.8) is 0 Å². The number of urea groups is 1. The number of nitrogens with two attached hydrogens (primary N) is 1. The summed E-state index contributed by atoms with van der Waals surface area (Å²) < 4.78 is 2.32. The molecule has 0 bridgehead atoms. The van der Waals surface area contributed by atoms with E-state index in [9.17, 15) is 4.79 Å². The molecule has 2 amide bonds. The Morgan fingerprint density at radius 2 is 1.88 bits per heavy atom. The lowest BCUT2D eigenvalue weighted by molar-refractivity contribution is 0.191. The third kappa shape index (κ3) is 4.04. The number of fused-ring (bicyclic) bond motifs is 1. The first-order chi connectivity index (χ1) is 16.0. The van der Waals surface area contributed by atoms with Gasteiger partial charge in [0.05, 0.1) is 17.4 Å². The van der Waals surface area contributed by atoms with Crippen molar-refractivity contribution in [2.24, 2.45) is 16.6 Å². The van der Waals surface area contributed by atoms with Crippen LogP contribution < -0.4 is 5.73 Å². The number of aliphatic imine (C=N–C) groups is 1. The van der Waals surface area contributed by atoms with Crippen LogP contribution in [0.2, 0.25) is 5.02 Å². The maximum absolute atomic E-state index is 11.7. The smallest absolute Gasteiger partial charge is 0.314 e. The first-order valence-electron chi connectivity index (χ1n) is 11.5. The number of hydrogen-bond donors (Lipinski definition) is 1. The number of amides is 2. The molecule has 6 nitrogen and oxygen atoms in total. The van der Waals surface area contributed by atoms with Crippen molar-refractivity contribution in [2.45, 2.75) is 38.5 Å². The summed E-state index contributed by atoms with van der Waals surface area (Å²) in [4.78, 5) is 22.5. The zero-order valence-corrected chi connectivity index (χ0v) is 19.5. The van der Waals surface area contributed by atoms with Gasteiger partial charge in [0.2, 0.25) is 0 Å². The van der Waals surface area contributed by atoms with Gasteiger partial charge in [0, 0.05) is 47.8 Å². The molecule has 2 aliphatic heterocycles. The Kier molecular flexibility index (Phi) is 5.94. The molecule has 1 saturated heterocycles. The maximum Gasteiger partial charge on any atom is 0.314 e. The van der Waals surface area contributed by atoms with E-state index < -0.39 is 0 Å². The van der Waals surface area contributed by atoms with Gasteiger partial charge in [-0.1, -0.05) is 18.5 Å². The summed E-state index contributed by atoms with van der Waals surface area (Å²) in [5, 5.41) is 1.91. The number of halogens is 1. The second-order valence-electron chi connectivity index (χ2n) is 8.96. The average Bonchev–Trinajstić information content (AvgIpc) is 3.01. The summed E-state index contributed by atoms with van der Waals surface area (Å²) in [7, 11) is 0. The van der Waals surface area contributed by atoms with Gasteiger partial charge in [0.25, 0.3) is 0 Å². The molecule has 2 aliphatic rings. The third-order valence-corrected chi connectivity index (χ3v) is 7.21. The van der Waals surface area contributed by atoms with Gasteiger partial charge in [0.15, 0.2) is 0 Å². The predicted octanol–water partition coefficient (Wildman–Crippen LogP) is 5.78. The standard InChI is InChI=1S/C26H28ClN5O/c1-17-3-2-11-29-15-22(17)25-24(18-9-13-31(14-10-18)26(28)33)21-8-12-30-16-23(21)32(25)20-6-4-19(27)5-7-20/h4-8,11-12,15-18H,2-3,9-10,13-14H2,1H3,(H2,28,33). The number of benzene rings is 1. The largest absolute Gasteiger partial charge is 0.351 e. The summed E-state index contributed by atoms with van der Waals surface area (Å²) in [6.45, 7) is 3.62. The molecular weight excluding hydrogens is 434 g/mol. The van der Waals surface area contributed by atoms with Crippen LogP contribution in [0.25, 0.3) is 22.2 Å². The number of carbonyl (C=O) groups excluding carboxylic acids is 1. The second kappa shape index (κ2) is 9.02. The molecule has 33 heavy (non-hydrogen) atoms. The van der Waals surface area contributed by atoms with Crippen LogP contribution in [0.3, 0.4) is 0 Å². The Bertz CT molecular complexity index is 1240. The molecule has 3 aromatic rings. The number of likely N-dealkylation sites (tertiary alicyclic amines) is 1. The summed E-state index contributed by atoms with van der Waals surface area (Å²) in [6.07, 6.45) is 11.6. The summed E-state index contributed by atoms with van der Waals surface area (Å²) >= 11 is 6.22. The van der Waals surface area contributed by atoms with Crippen molar-refractivity contribution in [2.75, 3.05) is 13.1 Å². The zero-order chi connectivity index (χ0) is 22.9. The number of hydrogen-bond acceptors (Lipinski definition) is 3. The van der Waals surface area contributed by atoms with E-state index in [4.69, 9.17) is 17.3 Å². The lowest BCUT2D eigenvalue weighted by Crippen LogP contribution is -2.41. The van der Waals surface area contributed by atoms with Crippen molar-refractivity contribution >= 4 is 40.3 Å². The topological polar surface area (TPSA) is 76.5 Å². The Morgan fingerprint density at radius 1 is 1.12 bits per heavy atom. The first kappa shape index (κ1) is 21.7. The van der Waals surface area contributed by atoms with Crippen LogP contribution in [0.5, 0.6) is 0 Å². The van der Waals surface area contributed by atoms with E-state index in [1.54, 1.807) is 4.90 Å². The number of pyridine rings is 1. The molecule has 4 heterocycles. The van der Waals surface area contributed by atoms with E-state index in [0.717, 1.165) is 36.9 Å². The Labute approximate surface area is 198 Å².